The largest absolute Gasteiger partial charge is 0.309 e. The molecule has 0 spiro atoms. The Morgan fingerprint density at radius 1 is 0.118 bits per heavy atom. The van der Waals surface area contributed by atoms with Crippen LogP contribution in [0.25, 0.3) is 243 Å². The number of hydrogen-bond acceptors (Lipinski definition) is 3. The SMILES string of the molecule is c1ccc(-c2ccc(-n3c4ccccc4c4ccc(-c5ccc6c7ccccc7n(-c7ccccc7)c6c5)cc43)cc2)cc1.c1ccc(-c2nc(-c3ccccc3)nc(-n3c4ccccc4c4ccc(-c5ccc6c7ccccc7n(-c7ccccc7)c6c5)cc43)n2)cc1.c1ccc(-n2c3ccccc3c3ccc(-c4ccc5c6ccccc6n(-c6ccc7ccccc7c6)c5c4)cc32)cc1. The molecule has 9 heteroatoms. The molecule has 0 aliphatic heterocycles. The second-order valence-electron chi connectivity index (χ2n) is 35.0. The van der Waals surface area contributed by atoms with E-state index in [1.54, 1.807) is 0 Å². The zero-order valence-electron chi connectivity index (χ0n) is 73.9. The van der Waals surface area contributed by atoms with Crippen LogP contribution in [0.4, 0.5) is 0 Å². The highest BCUT2D eigenvalue weighted by Crippen LogP contribution is 2.45. The fraction of sp³-hybridized carbons (Fsp3) is 0. The Morgan fingerprint density at radius 2 is 0.331 bits per heavy atom. The molecule has 0 radical (unpaired) electrons. The van der Waals surface area contributed by atoms with Gasteiger partial charge in [-0.15, -0.1) is 0 Å². The molecule has 7 heterocycles. The lowest BCUT2D eigenvalue weighted by Gasteiger charge is -2.12. The van der Waals surface area contributed by atoms with E-state index in [9.17, 15) is 0 Å². The number of nitrogens with zero attached hydrogens (tertiary/aromatic N) is 9. The van der Waals surface area contributed by atoms with E-state index in [1.807, 2.05) is 60.7 Å². The number of para-hydroxylation sites is 9. The van der Waals surface area contributed by atoms with E-state index in [-0.39, 0.29) is 0 Å². The number of benzene rings is 21. The molecule has 0 aliphatic carbocycles. The van der Waals surface area contributed by atoms with Crippen molar-refractivity contribution in [2.45, 2.75) is 0 Å². The monoisotopic (exact) mass is 1730 g/mol. The van der Waals surface area contributed by atoms with Crippen LogP contribution in [0.2, 0.25) is 0 Å². The van der Waals surface area contributed by atoms with Crippen LogP contribution in [0.5, 0.6) is 0 Å². The van der Waals surface area contributed by atoms with Crippen LogP contribution in [0.1, 0.15) is 0 Å². The summed E-state index contributed by atoms with van der Waals surface area (Å²) in [4.78, 5) is 15.2. The average molecular weight is 1740 g/mol. The molecule has 0 unspecified atom stereocenters. The van der Waals surface area contributed by atoms with Crippen molar-refractivity contribution in [3.8, 4) is 102 Å². The molecule has 28 rings (SSSR count). The Bertz CT molecular complexity index is 9460. The van der Waals surface area contributed by atoms with Gasteiger partial charge in [0.05, 0.1) is 66.2 Å². The van der Waals surface area contributed by atoms with Crippen LogP contribution in [-0.2, 0) is 0 Å². The summed E-state index contributed by atoms with van der Waals surface area (Å²) in [7, 11) is 0. The maximum absolute atomic E-state index is 5.12. The van der Waals surface area contributed by atoms with Crippen molar-refractivity contribution in [2.75, 3.05) is 0 Å². The van der Waals surface area contributed by atoms with Crippen molar-refractivity contribution < 1.29 is 0 Å². The summed E-state index contributed by atoms with van der Waals surface area (Å²) in [5, 5.41) is 17.4. The molecule has 0 N–H and O–H groups in total. The molecule has 0 saturated heterocycles. The molecule has 28 aromatic rings. The van der Waals surface area contributed by atoms with Gasteiger partial charge < -0.3 is 22.8 Å². The molecule has 0 fully saturated rings. The summed E-state index contributed by atoms with van der Waals surface area (Å²) in [6.07, 6.45) is 0. The second-order valence-corrected chi connectivity index (χ2v) is 35.0. The van der Waals surface area contributed by atoms with E-state index >= 15 is 0 Å². The van der Waals surface area contributed by atoms with Gasteiger partial charge in [-0.05, 0) is 189 Å². The first-order valence-electron chi connectivity index (χ1n) is 46.4. The fourth-order valence-electron chi connectivity index (χ4n) is 20.9. The highest BCUT2D eigenvalue weighted by atomic mass is 15.2. The van der Waals surface area contributed by atoms with Crippen LogP contribution >= 0.6 is 0 Å². The Balaban J connectivity index is 0.000000106. The van der Waals surface area contributed by atoms with Gasteiger partial charge in [0, 0.05) is 104 Å². The molecule has 0 aliphatic rings. The molecule has 0 amide bonds. The lowest BCUT2D eigenvalue weighted by molar-refractivity contribution is 0.953. The molecular formula is C127H83N9. The average Bonchev–Trinajstić information content (AvgIpc) is 1.58. The van der Waals surface area contributed by atoms with Gasteiger partial charge in [0.15, 0.2) is 11.6 Å². The zero-order valence-corrected chi connectivity index (χ0v) is 73.9. The Hall–Kier alpha value is -18.3. The van der Waals surface area contributed by atoms with Gasteiger partial charge in [-0.2, -0.15) is 9.97 Å². The van der Waals surface area contributed by atoms with Crippen molar-refractivity contribution in [1.29, 1.82) is 0 Å². The van der Waals surface area contributed by atoms with Gasteiger partial charge in [0.1, 0.15) is 0 Å². The summed E-state index contributed by atoms with van der Waals surface area (Å²) in [6.45, 7) is 0. The lowest BCUT2D eigenvalue weighted by Crippen LogP contribution is -2.06. The minimum atomic E-state index is 0.584. The van der Waals surface area contributed by atoms with Gasteiger partial charge in [-0.1, -0.05) is 370 Å². The molecule has 21 aromatic carbocycles. The quantitative estimate of drug-likeness (QED) is 0.122. The summed E-state index contributed by atoms with van der Waals surface area (Å²) < 4.78 is 14.2. The molecule has 636 valence electrons. The maximum Gasteiger partial charge on any atom is 0.238 e. The van der Waals surface area contributed by atoms with Gasteiger partial charge >= 0.3 is 0 Å². The van der Waals surface area contributed by atoms with E-state index in [2.05, 4.69) is 470 Å². The van der Waals surface area contributed by atoms with Crippen LogP contribution < -0.4 is 0 Å². The summed E-state index contributed by atoms with van der Waals surface area (Å²) in [5.41, 5.74) is 31.4. The summed E-state index contributed by atoms with van der Waals surface area (Å²) in [6, 6.07) is 180. The van der Waals surface area contributed by atoms with Gasteiger partial charge in [-0.25, -0.2) is 4.98 Å². The fourth-order valence-corrected chi connectivity index (χ4v) is 20.9. The molecule has 7 aromatic heterocycles. The predicted octanol–water partition coefficient (Wildman–Crippen LogP) is 33.0. The highest BCUT2D eigenvalue weighted by Gasteiger charge is 2.24. The van der Waals surface area contributed by atoms with E-state index in [0.29, 0.717) is 17.6 Å². The molecule has 0 bridgehead atoms. The van der Waals surface area contributed by atoms with Gasteiger partial charge in [0.25, 0.3) is 0 Å². The Labute approximate surface area is 783 Å². The number of rotatable bonds is 12. The van der Waals surface area contributed by atoms with E-state index in [4.69, 9.17) is 15.0 Å². The third-order valence-corrected chi connectivity index (χ3v) is 27.2. The number of hydrogen-bond donors (Lipinski definition) is 0. The van der Waals surface area contributed by atoms with E-state index in [0.717, 1.165) is 55.4 Å². The minimum absolute atomic E-state index is 0.584. The number of aromatic nitrogens is 9. The summed E-state index contributed by atoms with van der Waals surface area (Å²) >= 11 is 0. The predicted molar refractivity (Wildman–Crippen MR) is 569 cm³/mol. The normalized spacial score (nSPS) is 11.7. The van der Waals surface area contributed by atoms with E-state index < -0.39 is 0 Å². The van der Waals surface area contributed by atoms with Crippen molar-refractivity contribution in [3.63, 3.8) is 0 Å². The van der Waals surface area contributed by atoms with Crippen LogP contribution in [0.3, 0.4) is 0 Å². The first kappa shape index (κ1) is 78.7. The standard InChI is InChI=1S/C45H29N5.C42H28N2.C40H26N2/c1-4-14-30(15-5-1)43-46-44(31-16-6-2-7-17-31)48-45(47-43)50-40-23-13-11-21-36(40)38-27-25-33(29-42(38)50)32-24-26-37-35-20-10-12-22-39(35)49(41(37)28-32)34-18-8-3-9-19-34;1-3-11-29(12-4-1)30-19-23-34(24-20-30)44-40-18-10-8-16-36(40)38-26-22-32(28-42(38)44)31-21-25-37-35-15-7-9-17-39(35)43(41(37)27-31)33-13-5-2-6-14-33;1-2-12-31(13-3-1)41-37-16-8-6-14-33(37)35-22-19-29(25-39(35)41)30-20-23-36-34-15-7-9-17-38(34)42(40(36)26-30)32-21-18-27-10-4-5-11-28(27)24-32/h1-29H;1-28H;1-26H. The van der Waals surface area contributed by atoms with Gasteiger partial charge in [-0.3, -0.25) is 4.57 Å². The first-order chi connectivity index (χ1) is 67.5. The molecule has 9 nitrogen and oxygen atoms in total. The summed E-state index contributed by atoms with van der Waals surface area (Å²) in [5.74, 6) is 1.85. The third kappa shape index (κ3) is 13.5. The first-order valence-corrected chi connectivity index (χ1v) is 46.4. The smallest absolute Gasteiger partial charge is 0.238 e. The van der Waals surface area contributed by atoms with E-state index in [1.165, 1.54) is 170 Å². The van der Waals surface area contributed by atoms with Crippen molar-refractivity contribution >= 4 is 142 Å². The molecule has 136 heavy (non-hydrogen) atoms. The van der Waals surface area contributed by atoms with Crippen molar-refractivity contribution in [3.05, 3.63) is 504 Å². The number of fused-ring (bicyclic) bond motifs is 19. The highest BCUT2D eigenvalue weighted by molar-refractivity contribution is 6.17. The van der Waals surface area contributed by atoms with Crippen molar-refractivity contribution in [1.82, 2.24) is 42.4 Å². The Morgan fingerprint density at radius 3 is 0.647 bits per heavy atom. The van der Waals surface area contributed by atoms with Crippen LogP contribution in [0, 0.1) is 0 Å². The zero-order chi connectivity index (χ0) is 89.7. The molecular weight excluding hydrogens is 1650 g/mol. The van der Waals surface area contributed by atoms with Crippen LogP contribution in [-0.4, -0.2) is 42.4 Å². The molecule has 0 atom stereocenters. The minimum Gasteiger partial charge on any atom is -0.309 e. The van der Waals surface area contributed by atoms with Crippen molar-refractivity contribution in [2.24, 2.45) is 0 Å². The lowest BCUT2D eigenvalue weighted by atomic mass is 10.0. The maximum atomic E-state index is 5.12. The topological polar surface area (TPSA) is 68.2 Å². The Kier molecular flexibility index (Phi) is 19.1. The third-order valence-electron chi connectivity index (χ3n) is 27.2. The van der Waals surface area contributed by atoms with Gasteiger partial charge in [0.2, 0.25) is 5.95 Å². The second kappa shape index (κ2) is 33.0. The van der Waals surface area contributed by atoms with Crippen LogP contribution in [0.15, 0.2) is 504 Å². The molecule has 0 saturated carbocycles.